The first-order valence-corrected chi connectivity index (χ1v) is 11.8. The Kier molecular flexibility index (Phi) is 9.22. The maximum absolute atomic E-state index is 12.0. The monoisotopic (exact) mass is 441 g/mol. The number of hydrogen-bond acceptors (Lipinski definition) is 6. The van der Waals surface area contributed by atoms with E-state index in [-0.39, 0.29) is 5.75 Å². The van der Waals surface area contributed by atoms with Crippen molar-refractivity contribution in [2.24, 2.45) is 0 Å². The molecule has 0 aromatic heterocycles. The van der Waals surface area contributed by atoms with E-state index < -0.39 is 22.0 Å². The Labute approximate surface area is 177 Å². The van der Waals surface area contributed by atoms with Crippen LogP contribution in [-0.2, 0) is 26.2 Å². The van der Waals surface area contributed by atoms with Gasteiger partial charge in [0.2, 0.25) is 10.0 Å². The summed E-state index contributed by atoms with van der Waals surface area (Å²) in [5.41, 5.74) is 1.38. The second-order valence-corrected chi connectivity index (χ2v) is 9.70. The number of likely N-dealkylation sites (tertiary alicyclic amines) is 1. The minimum absolute atomic E-state index is 0.213. The van der Waals surface area contributed by atoms with Gasteiger partial charge in [0.1, 0.15) is 0 Å². The lowest BCUT2D eigenvalue weighted by atomic mass is 10.0. The molecule has 2 saturated heterocycles. The number of piperidine rings is 1. The molecule has 0 atom stereocenters. The molecule has 0 spiro atoms. The van der Waals surface area contributed by atoms with Gasteiger partial charge in [0.25, 0.3) is 0 Å². The van der Waals surface area contributed by atoms with Crippen LogP contribution in [0.2, 0.25) is 0 Å². The minimum Gasteiger partial charge on any atom is -0.473 e. The number of hydrogen-bond donors (Lipinski definition) is 2. The van der Waals surface area contributed by atoms with Gasteiger partial charge < -0.3 is 10.2 Å². The standard InChI is InChI=1S/C18H29N3O2S.C2H2O4/c1-2-24(22,23)21-14-12-20(13-15-21)18-8-10-19(11-9-18)16-17-6-4-3-5-7-17;3-1(4)2(5)6/h3-7,18H,2,8-16H2,1H3;(H,3,4)(H,5,6). The Morgan fingerprint density at radius 3 is 1.93 bits per heavy atom. The average molecular weight is 442 g/mol. The van der Waals surface area contributed by atoms with Crippen molar-refractivity contribution in [1.82, 2.24) is 14.1 Å². The Hall–Kier alpha value is -2.01. The number of nitrogens with zero attached hydrogens (tertiary/aromatic N) is 3. The summed E-state index contributed by atoms with van der Waals surface area (Å²) >= 11 is 0. The zero-order chi connectivity index (χ0) is 22.1. The van der Waals surface area contributed by atoms with Gasteiger partial charge in [0, 0.05) is 38.8 Å². The zero-order valence-electron chi connectivity index (χ0n) is 17.3. The van der Waals surface area contributed by atoms with Gasteiger partial charge in [-0.15, -0.1) is 0 Å². The molecule has 2 heterocycles. The van der Waals surface area contributed by atoms with Crippen molar-refractivity contribution >= 4 is 22.0 Å². The molecular weight excluding hydrogens is 410 g/mol. The van der Waals surface area contributed by atoms with E-state index in [1.165, 1.54) is 18.4 Å². The summed E-state index contributed by atoms with van der Waals surface area (Å²) in [4.78, 5) is 23.2. The van der Waals surface area contributed by atoms with Crippen LogP contribution < -0.4 is 0 Å². The van der Waals surface area contributed by atoms with Gasteiger partial charge in [0.15, 0.2) is 0 Å². The quantitative estimate of drug-likeness (QED) is 0.644. The highest BCUT2D eigenvalue weighted by Gasteiger charge is 2.30. The largest absolute Gasteiger partial charge is 0.473 e. The van der Waals surface area contributed by atoms with Crippen molar-refractivity contribution in [3.8, 4) is 0 Å². The first-order chi connectivity index (χ1) is 14.2. The number of aliphatic carboxylic acids is 2. The molecule has 168 valence electrons. The van der Waals surface area contributed by atoms with Crippen LogP contribution >= 0.6 is 0 Å². The SMILES string of the molecule is CCS(=O)(=O)N1CCN(C2CCN(Cc3ccccc3)CC2)CC1.O=C(O)C(=O)O. The highest BCUT2D eigenvalue weighted by Crippen LogP contribution is 2.20. The molecule has 30 heavy (non-hydrogen) atoms. The van der Waals surface area contributed by atoms with Crippen LogP contribution in [0.4, 0.5) is 0 Å². The zero-order valence-corrected chi connectivity index (χ0v) is 18.1. The number of carboxylic acids is 2. The van der Waals surface area contributed by atoms with Crippen molar-refractivity contribution in [2.75, 3.05) is 45.0 Å². The Balaban J connectivity index is 0.000000469. The van der Waals surface area contributed by atoms with E-state index in [9.17, 15) is 8.42 Å². The maximum Gasteiger partial charge on any atom is 0.414 e. The predicted molar refractivity (Wildman–Crippen MR) is 113 cm³/mol. The predicted octanol–water partition coefficient (Wildman–Crippen LogP) is 0.774. The van der Waals surface area contributed by atoms with E-state index in [1.54, 1.807) is 11.2 Å². The van der Waals surface area contributed by atoms with Crippen molar-refractivity contribution < 1.29 is 28.2 Å². The lowest BCUT2D eigenvalue weighted by molar-refractivity contribution is -0.159. The fourth-order valence-corrected chi connectivity index (χ4v) is 4.90. The van der Waals surface area contributed by atoms with E-state index in [0.29, 0.717) is 19.1 Å². The van der Waals surface area contributed by atoms with Gasteiger partial charge >= 0.3 is 11.9 Å². The third-order valence-electron chi connectivity index (χ3n) is 5.54. The van der Waals surface area contributed by atoms with E-state index in [1.807, 2.05) is 0 Å². The summed E-state index contributed by atoms with van der Waals surface area (Å²) in [6, 6.07) is 11.3. The van der Waals surface area contributed by atoms with Crippen LogP contribution in [0.15, 0.2) is 30.3 Å². The van der Waals surface area contributed by atoms with Crippen LogP contribution in [0.25, 0.3) is 0 Å². The third-order valence-corrected chi connectivity index (χ3v) is 7.42. The number of piperazine rings is 1. The summed E-state index contributed by atoms with van der Waals surface area (Å²) < 4.78 is 25.6. The third kappa shape index (κ3) is 7.35. The van der Waals surface area contributed by atoms with Crippen LogP contribution in [0.3, 0.4) is 0 Å². The Bertz CT molecular complexity index is 774. The fraction of sp³-hybridized carbons (Fsp3) is 0.600. The van der Waals surface area contributed by atoms with Crippen molar-refractivity contribution in [2.45, 2.75) is 32.4 Å². The molecule has 0 aliphatic carbocycles. The van der Waals surface area contributed by atoms with Gasteiger partial charge in [-0.05, 0) is 38.4 Å². The Morgan fingerprint density at radius 1 is 0.933 bits per heavy atom. The first kappa shape index (κ1) is 24.3. The summed E-state index contributed by atoms with van der Waals surface area (Å²) in [5.74, 6) is -3.43. The molecule has 10 heteroatoms. The van der Waals surface area contributed by atoms with Gasteiger partial charge in [-0.3, -0.25) is 9.80 Å². The minimum atomic E-state index is -3.02. The molecule has 1 aromatic rings. The maximum atomic E-state index is 12.0. The van der Waals surface area contributed by atoms with Crippen molar-refractivity contribution in [1.29, 1.82) is 0 Å². The number of sulfonamides is 1. The summed E-state index contributed by atoms with van der Waals surface area (Å²) in [6.07, 6.45) is 2.38. The van der Waals surface area contributed by atoms with Crippen molar-refractivity contribution in [3.05, 3.63) is 35.9 Å². The molecule has 0 saturated carbocycles. The van der Waals surface area contributed by atoms with E-state index >= 15 is 0 Å². The highest BCUT2D eigenvalue weighted by molar-refractivity contribution is 7.89. The lowest BCUT2D eigenvalue weighted by Gasteiger charge is -2.42. The second-order valence-electron chi connectivity index (χ2n) is 7.44. The van der Waals surface area contributed by atoms with E-state index in [4.69, 9.17) is 19.8 Å². The molecule has 0 unspecified atom stereocenters. The summed E-state index contributed by atoms with van der Waals surface area (Å²) in [6.45, 7) is 8.09. The number of carboxylic acid groups (broad SMARTS) is 2. The molecule has 1 aromatic carbocycles. The highest BCUT2D eigenvalue weighted by atomic mass is 32.2. The van der Waals surface area contributed by atoms with Gasteiger partial charge in [-0.25, -0.2) is 18.0 Å². The molecule has 2 aliphatic rings. The topological polar surface area (TPSA) is 118 Å². The van der Waals surface area contributed by atoms with Crippen molar-refractivity contribution in [3.63, 3.8) is 0 Å². The van der Waals surface area contributed by atoms with E-state index in [0.717, 1.165) is 32.7 Å². The van der Waals surface area contributed by atoms with Crippen LogP contribution in [-0.4, -0.2) is 95.7 Å². The Morgan fingerprint density at radius 2 is 1.47 bits per heavy atom. The molecule has 2 aliphatic heterocycles. The molecule has 0 bridgehead atoms. The molecule has 2 N–H and O–H groups in total. The second kappa shape index (κ2) is 11.4. The molecule has 9 nitrogen and oxygen atoms in total. The molecule has 3 rings (SSSR count). The number of benzene rings is 1. The molecule has 2 fully saturated rings. The fourth-order valence-electron chi connectivity index (χ4n) is 3.81. The normalized spacial score (nSPS) is 19.6. The number of carbonyl (C=O) groups is 2. The van der Waals surface area contributed by atoms with E-state index in [2.05, 4.69) is 40.1 Å². The average Bonchev–Trinajstić information content (AvgIpc) is 2.75. The smallest absolute Gasteiger partial charge is 0.414 e. The molecule has 0 amide bonds. The first-order valence-electron chi connectivity index (χ1n) is 10.2. The van der Waals surface area contributed by atoms with Gasteiger partial charge in [-0.2, -0.15) is 4.31 Å². The lowest BCUT2D eigenvalue weighted by Crippen LogP contribution is -2.54. The van der Waals surface area contributed by atoms with Crippen LogP contribution in [0.1, 0.15) is 25.3 Å². The molecule has 0 radical (unpaired) electrons. The van der Waals surface area contributed by atoms with Crippen LogP contribution in [0, 0.1) is 0 Å². The van der Waals surface area contributed by atoms with Gasteiger partial charge in [0.05, 0.1) is 5.75 Å². The molecular formula is C20H31N3O6S. The summed E-state index contributed by atoms with van der Waals surface area (Å²) in [5, 5.41) is 14.8. The number of rotatable bonds is 5. The summed E-state index contributed by atoms with van der Waals surface area (Å²) in [7, 11) is -3.02. The van der Waals surface area contributed by atoms with Gasteiger partial charge in [-0.1, -0.05) is 30.3 Å². The van der Waals surface area contributed by atoms with Crippen LogP contribution in [0.5, 0.6) is 0 Å².